The summed E-state index contributed by atoms with van der Waals surface area (Å²) in [5.74, 6) is -0.988. The number of alkyl halides is 1. The van der Waals surface area contributed by atoms with Crippen molar-refractivity contribution in [2.24, 2.45) is 0 Å². The van der Waals surface area contributed by atoms with E-state index in [1.54, 1.807) is 0 Å². The van der Waals surface area contributed by atoms with Gasteiger partial charge in [0.05, 0.1) is 36.1 Å². The Balaban J connectivity index is 1.32. The molecule has 1 aliphatic carbocycles. The summed E-state index contributed by atoms with van der Waals surface area (Å²) in [6, 6.07) is 8.83. The fourth-order valence-electron chi connectivity index (χ4n) is 7.10. The third kappa shape index (κ3) is 6.02. The molecular formula is C32H39ClFN7O2. The predicted molar refractivity (Wildman–Crippen MR) is 164 cm³/mol. The summed E-state index contributed by atoms with van der Waals surface area (Å²) < 4.78 is 20.1. The lowest BCUT2D eigenvalue weighted by atomic mass is 9.89. The maximum atomic E-state index is 13.8. The number of aromatic nitrogens is 2. The molecule has 3 aliphatic heterocycles. The van der Waals surface area contributed by atoms with Crippen molar-refractivity contribution in [1.82, 2.24) is 19.8 Å². The van der Waals surface area contributed by atoms with Crippen molar-refractivity contribution in [2.75, 3.05) is 56.2 Å². The van der Waals surface area contributed by atoms with Gasteiger partial charge in [0.15, 0.2) is 5.83 Å². The van der Waals surface area contributed by atoms with Crippen LogP contribution in [-0.4, -0.2) is 84.1 Å². The number of carbonyl (C=O) groups excluding carboxylic acids is 1. The Morgan fingerprint density at radius 3 is 2.77 bits per heavy atom. The maximum Gasteiger partial charge on any atom is 0.318 e. The number of ether oxygens (including phenoxy) is 1. The number of likely N-dealkylation sites (tertiary alicyclic amines) is 1. The summed E-state index contributed by atoms with van der Waals surface area (Å²) in [6.07, 6.45) is 6.17. The number of benzene rings is 1. The molecule has 2 saturated heterocycles. The minimum Gasteiger partial charge on any atom is -0.462 e. The van der Waals surface area contributed by atoms with E-state index in [1.807, 2.05) is 0 Å². The molecule has 0 saturated carbocycles. The molecule has 0 unspecified atom stereocenters. The van der Waals surface area contributed by atoms with Crippen LogP contribution in [0.3, 0.4) is 0 Å². The summed E-state index contributed by atoms with van der Waals surface area (Å²) in [6.45, 7) is 7.24. The molecule has 11 heteroatoms. The minimum absolute atomic E-state index is 0.000999. The Bertz CT molecular complexity index is 1430. The molecule has 0 radical (unpaired) electrons. The van der Waals surface area contributed by atoms with E-state index in [4.69, 9.17) is 26.3 Å². The molecule has 43 heavy (non-hydrogen) atoms. The molecule has 0 spiro atoms. The van der Waals surface area contributed by atoms with Gasteiger partial charge in [-0.05, 0) is 69.3 Å². The lowest BCUT2D eigenvalue weighted by Crippen LogP contribution is -2.55. The molecule has 1 aromatic carbocycles. The second-order valence-corrected chi connectivity index (χ2v) is 12.6. The molecule has 2 fully saturated rings. The van der Waals surface area contributed by atoms with Crippen LogP contribution in [0.5, 0.6) is 6.01 Å². The lowest BCUT2D eigenvalue weighted by molar-refractivity contribution is -0.131. The molecule has 228 valence electrons. The van der Waals surface area contributed by atoms with Crippen molar-refractivity contribution in [3.63, 3.8) is 0 Å². The van der Waals surface area contributed by atoms with Gasteiger partial charge < -0.3 is 24.3 Å². The largest absolute Gasteiger partial charge is 0.462 e. The minimum atomic E-state index is -1.01. The number of fused-ring (bicyclic) bond motifs is 2. The van der Waals surface area contributed by atoms with Crippen LogP contribution in [0.4, 0.5) is 15.9 Å². The van der Waals surface area contributed by atoms with Gasteiger partial charge in [0.2, 0.25) is 0 Å². The van der Waals surface area contributed by atoms with Crippen LogP contribution < -0.4 is 14.5 Å². The number of amides is 1. The van der Waals surface area contributed by atoms with Gasteiger partial charge in [-0.25, -0.2) is 4.39 Å². The predicted octanol–water partition coefficient (Wildman–Crippen LogP) is 4.54. The number of nitrogens with zero attached hydrogens (tertiary/aromatic N) is 7. The van der Waals surface area contributed by atoms with E-state index in [2.05, 4.69) is 52.6 Å². The Labute approximate surface area is 257 Å². The van der Waals surface area contributed by atoms with Crippen molar-refractivity contribution in [3.8, 4) is 12.1 Å². The molecule has 1 aromatic heterocycles. The van der Waals surface area contributed by atoms with E-state index in [0.29, 0.717) is 38.3 Å². The van der Waals surface area contributed by atoms with Crippen LogP contribution in [-0.2, 0) is 24.2 Å². The zero-order valence-electron chi connectivity index (χ0n) is 24.8. The van der Waals surface area contributed by atoms with Crippen LogP contribution in [0.25, 0.3) is 0 Å². The number of anilines is 2. The highest BCUT2D eigenvalue weighted by Crippen LogP contribution is 2.42. The molecule has 0 bridgehead atoms. The fourth-order valence-corrected chi connectivity index (χ4v) is 7.51. The first-order valence-electron chi connectivity index (χ1n) is 15.3. The normalized spacial score (nSPS) is 23.9. The van der Waals surface area contributed by atoms with E-state index in [-0.39, 0.29) is 18.3 Å². The summed E-state index contributed by atoms with van der Waals surface area (Å²) in [5, 5.41) is 9.50. The monoisotopic (exact) mass is 607 g/mol. The van der Waals surface area contributed by atoms with Gasteiger partial charge >= 0.3 is 6.01 Å². The molecular weight excluding hydrogens is 569 g/mol. The Morgan fingerprint density at radius 1 is 1.14 bits per heavy atom. The molecule has 4 aliphatic rings. The average molecular weight is 608 g/mol. The van der Waals surface area contributed by atoms with Crippen LogP contribution in [0.15, 0.2) is 30.6 Å². The van der Waals surface area contributed by atoms with Gasteiger partial charge in [-0.1, -0.05) is 18.7 Å². The smallest absolute Gasteiger partial charge is 0.318 e. The summed E-state index contributed by atoms with van der Waals surface area (Å²) in [7, 11) is 2.12. The van der Waals surface area contributed by atoms with Crippen LogP contribution >= 0.6 is 11.6 Å². The van der Waals surface area contributed by atoms with E-state index < -0.39 is 17.8 Å². The number of hydrogen-bond acceptors (Lipinski definition) is 8. The standard InChI is InChI=1S/C32H39ClFN7O2/c1-21(34)31(42)41-17-16-40(18-23(41)11-13-35)30-25-12-15-39(28-10-4-7-22-6-3-9-26(33)29(22)28)19-27(25)36-32(37-30)43-20-24-8-5-14-38(24)2/h4,7,10,23-24,26H,1,3,5-6,8-9,11-12,14-20H2,2H3/t23-,24-,26+/m0/s1. The second kappa shape index (κ2) is 12.7. The fraction of sp³-hybridized carbons (Fsp3) is 0.562. The summed E-state index contributed by atoms with van der Waals surface area (Å²) >= 11 is 6.87. The highest BCUT2D eigenvalue weighted by atomic mass is 35.5. The van der Waals surface area contributed by atoms with Crippen molar-refractivity contribution < 1.29 is 13.9 Å². The lowest BCUT2D eigenvalue weighted by Gasteiger charge is -2.42. The Hall–Kier alpha value is -3.42. The zero-order valence-corrected chi connectivity index (χ0v) is 25.5. The van der Waals surface area contributed by atoms with Crippen LogP contribution in [0, 0.1) is 11.3 Å². The van der Waals surface area contributed by atoms with Crippen molar-refractivity contribution in [3.05, 3.63) is 53.0 Å². The quantitative estimate of drug-likeness (QED) is 0.335. The van der Waals surface area contributed by atoms with Gasteiger partial charge in [-0.3, -0.25) is 4.79 Å². The van der Waals surface area contributed by atoms with E-state index in [9.17, 15) is 14.4 Å². The molecule has 2 aromatic rings. The molecule has 0 N–H and O–H groups in total. The van der Waals surface area contributed by atoms with E-state index in [0.717, 1.165) is 68.7 Å². The second-order valence-electron chi connectivity index (χ2n) is 12.1. The highest BCUT2D eigenvalue weighted by molar-refractivity contribution is 6.21. The Morgan fingerprint density at radius 2 is 2.00 bits per heavy atom. The SMILES string of the molecule is C=C(F)C(=O)N1CCN(c2nc(OC[C@@H]3CCCN3C)nc3c2CCN(c2cccc4c2[C@H](Cl)CCC4)C3)C[C@@H]1CC#N. The first kappa shape index (κ1) is 29.6. The number of nitriles is 1. The molecule has 3 atom stereocenters. The number of hydrogen-bond donors (Lipinski definition) is 0. The van der Waals surface area contributed by atoms with Crippen molar-refractivity contribution >= 4 is 29.0 Å². The zero-order chi connectivity index (χ0) is 30.1. The average Bonchev–Trinajstić information content (AvgIpc) is 3.43. The number of rotatable bonds is 7. The number of piperazine rings is 1. The number of carbonyl (C=O) groups is 1. The maximum absolute atomic E-state index is 13.8. The van der Waals surface area contributed by atoms with Gasteiger partial charge in [0.25, 0.3) is 5.91 Å². The third-order valence-electron chi connectivity index (χ3n) is 9.43. The van der Waals surface area contributed by atoms with E-state index in [1.165, 1.54) is 21.7 Å². The first-order chi connectivity index (χ1) is 20.8. The van der Waals surface area contributed by atoms with Gasteiger partial charge in [0, 0.05) is 43.5 Å². The van der Waals surface area contributed by atoms with Crippen molar-refractivity contribution in [2.45, 2.75) is 69.0 Å². The summed E-state index contributed by atoms with van der Waals surface area (Å²) in [5.41, 5.74) is 5.71. The Kier molecular flexibility index (Phi) is 8.73. The molecule has 4 heterocycles. The first-order valence-corrected chi connectivity index (χ1v) is 15.8. The van der Waals surface area contributed by atoms with Gasteiger partial charge in [-0.15, -0.1) is 11.6 Å². The summed E-state index contributed by atoms with van der Waals surface area (Å²) in [4.78, 5) is 30.6. The van der Waals surface area contributed by atoms with Crippen LogP contribution in [0.1, 0.15) is 59.9 Å². The van der Waals surface area contributed by atoms with Crippen LogP contribution in [0.2, 0.25) is 0 Å². The van der Waals surface area contributed by atoms with Crippen molar-refractivity contribution in [1.29, 1.82) is 5.26 Å². The number of likely N-dealkylation sites (N-methyl/N-ethyl adjacent to an activating group) is 1. The molecule has 6 rings (SSSR count). The highest BCUT2D eigenvalue weighted by Gasteiger charge is 2.35. The number of halogens is 2. The van der Waals surface area contributed by atoms with E-state index >= 15 is 0 Å². The van der Waals surface area contributed by atoms with Gasteiger partial charge in [0.1, 0.15) is 12.4 Å². The van der Waals surface area contributed by atoms with Gasteiger partial charge in [-0.2, -0.15) is 15.2 Å². The topological polar surface area (TPSA) is 88.8 Å². The molecule has 9 nitrogen and oxygen atoms in total. The third-order valence-corrected chi connectivity index (χ3v) is 9.87. The number of aryl methyl sites for hydroxylation is 1. The molecule has 1 amide bonds.